The summed E-state index contributed by atoms with van der Waals surface area (Å²) in [4.78, 5) is 3.37. The van der Waals surface area contributed by atoms with E-state index in [1.54, 1.807) is 0 Å². The Hall–Kier alpha value is -2.03. The zero-order valence-electron chi connectivity index (χ0n) is 11.0. The molecule has 1 N–H and O–H groups in total. The first-order valence-electron chi connectivity index (χ1n) is 6.32. The van der Waals surface area contributed by atoms with Crippen LogP contribution in [-0.4, -0.2) is 14.8 Å². The van der Waals surface area contributed by atoms with Crippen molar-refractivity contribution in [1.82, 2.24) is 14.8 Å². The Morgan fingerprint density at radius 3 is 2.78 bits per heavy atom. The number of fused-ring (bicyclic) bond motifs is 1. The van der Waals surface area contributed by atoms with Gasteiger partial charge in [-0.05, 0) is 26.3 Å². The van der Waals surface area contributed by atoms with Gasteiger partial charge in [0.2, 0.25) is 0 Å². The van der Waals surface area contributed by atoms with Crippen LogP contribution in [0.15, 0.2) is 30.6 Å². The van der Waals surface area contributed by atoms with Crippen LogP contribution < -0.4 is 0 Å². The van der Waals surface area contributed by atoms with Gasteiger partial charge in [-0.2, -0.15) is 5.10 Å². The minimum absolute atomic E-state index is 0.905. The van der Waals surface area contributed by atoms with Crippen LogP contribution in [0.5, 0.6) is 0 Å². The fourth-order valence-corrected chi connectivity index (χ4v) is 2.47. The topological polar surface area (TPSA) is 33.6 Å². The summed E-state index contributed by atoms with van der Waals surface area (Å²) in [5.74, 6) is 0. The Morgan fingerprint density at radius 1 is 1.22 bits per heavy atom. The van der Waals surface area contributed by atoms with Crippen molar-refractivity contribution in [1.29, 1.82) is 0 Å². The highest BCUT2D eigenvalue weighted by Gasteiger charge is 2.12. The smallest absolute Gasteiger partial charge is 0.0672 e. The number of nitrogens with zero attached hydrogens (tertiary/aromatic N) is 2. The summed E-state index contributed by atoms with van der Waals surface area (Å²) < 4.78 is 1.99. The lowest BCUT2D eigenvalue weighted by Gasteiger charge is -1.98. The lowest BCUT2D eigenvalue weighted by atomic mass is 10.0. The Morgan fingerprint density at radius 2 is 2.06 bits per heavy atom. The van der Waals surface area contributed by atoms with Crippen molar-refractivity contribution in [2.24, 2.45) is 0 Å². The van der Waals surface area contributed by atoms with Crippen LogP contribution in [0.4, 0.5) is 0 Å². The summed E-state index contributed by atoms with van der Waals surface area (Å²) >= 11 is 0. The second kappa shape index (κ2) is 4.02. The second-order valence-corrected chi connectivity index (χ2v) is 4.68. The molecule has 0 radical (unpaired) electrons. The Kier molecular flexibility index (Phi) is 2.47. The standard InChI is InChI=1S/C15H17N3/c1-4-18-9-14(11(3)17-18)13-8-16-15-10(2)6-5-7-12(13)15/h5-9,16H,4H2,1-3H3. The van der Waals surface area contributed by atoms with E-state index in [4.69, 9.17) is 0 Å². The van der Waals surface area contributed by atoms with Crippen molar-refractivity contribution in [3.63, 3.8) is 0 Å². The molecule has 0 amide bonds. The van der Waals surface area contributed by atoms with E-state index in [9.17, 15) is 0 Å². The third-order valence-corrected chi connectivity index (χ3v) is 3.48. The molecule has 2 heterocycles. The highest BCUT2D eigenvalue weighted by atomic mass is 15.3. The van der Waals surface area contributed by atoms with Crippen molar-refractivity contribution in [3.8, 4) is 11.1 Å². The molecule has 1 aromatic carbocycles. The summed E-state index contributed by atoms with van der Waals surface area (Å²) in [6.07, 6.45) is 4.21. The minimum Gasteiger partial charge on any atom is -0.360 e. The predicted octanol–water partition coefficient (Wildman–Crippen LogP) is 3.67. The van der Waals surface area contributed by atoms with Crippen LogP contribution in [0.3, 0.4) is 0 Å². The summed E-state index contributed by atoms with van der Waals surface area (Å²) in [7, 11) is 0. The first-order valence-corrected chi connectivity index (χ1v) is 6.32. The molecule has 0 saturated heterocycles. The number of aromatic nitrogens is 3. The molecular formula is C15H17N3. The highest BCUT2D eigenvalue weighted by Crippen LogP contribution is 2.31. The van der Waals surface area contributed by atoms with Gasteiger partial charge in [0.25, 0.3) is 0 Å². The quantitative estimate of drug-likeness (QED) is 0.727. The van der Waals surface area contributed by atoms with Crippen LogP contribution in [0.2, 0.25) is 0 Å². The third-order valence-electron chi connectivity index (χ3n) is 3.48. The molecule has 3 heteroatoms. The number of hydrogen-bond donors (Lipinski definition) is 1. The van der Waals surface area contributed by atoms with Gasteiger partial charge in [0.1, 0.15) is 0 Å². The Balaban J connectivity index is 2.25. The highest BCUT2D eigenvalue weighted by molar-refractivity contribution is 5.97. The van der Waals surface area contributed by atoms with Gasteiger partial charge < -0.3 is 4.98 Å². The molecule has 0 aliphatic heterocycles. The normalized spacial score (nSPS) is 11.3. The van der Waals surface area contributed by atoms with Crippen molar-refractivity contribution in [2.75, 3.05) is 0 Å². The first-order chi connectivity index (χ1) is 8.70. The molecular weight excluding hydrogens is 222 g/mol. The number of aromatic amines is 1. The molecule has 0 spiro atoms. The number of H-pyrrole nitrogens is 1. The van der Waals surface area contributed by atoms with Crippen LogP contribution in [0, 0.1) is 13.8 Å². The molecule has 0 atom stereocenters. The lowest BCUT2D eigenvalue weighted by molar-refractivity contribution is 0.653. The molecule has 3 rings (SSSR count). The molecule has 92 valence electrons. The second-order valence-electron chi connectivity index (χ2n) is 4.68. The fourth-order valence-electron chi connectivity index (χ4n) is 2.47. The zero-order valence-corrected chi connectivity index (χ0v) is 11.0. The molecule has 3 nitrogen and oxygen atoms in total. The van der Waals surface area contributed by atoms with Gasteiger partial charge in [-0.3, -0.25) is 4.68 Å². The van der Waals surface area contributed by atoms with Crippen LogP contribution in [-0.2, 0) is 6.54 Å². The van der Waals surface area contributed by atoms with Crippen molar-refractivity contribution >= 4 is 10.9 Å². The van der Waals surface area contributed by atoms with Crippen molar-refractivity contribution in [3.05, 3.63) is 41.9 Å². The predicted molar refractivity (Wildman–Crippen MR) is 74.7 cm³/mol. The number of benzene rings is 1. The zero-order chi connectivity index (χ0) is 12.7. The van der Waals surface area contributed by atoms with E-state index >= 15 is 0 Å². The lowest BCUT2D eigenvalue weighted by Crippen LogP contribution is -1.93. The Labute approximate surface area is 106 Å². The molecule has 0 aliphatic carbocycles. The van der Waals surface area contributed by atoms with Gasteiger partial charge in [0.15, 0.2) is 0 Å². The number of rotatable bonds is 2. The van der Waals surface area contributed by atoms with E-state index < -0.39 is 0 Å². The number of hydrogen-bond acceptors (Lipinski definition) is 1. The largest absolute Gasteiger partial charge is 0.360 e. The summed E-state index contributed by atoms with van der Waals surface area (Å²) in [5.41, 5.74) is 6.04. The number of para-hydroxylation sites is 1. The maximum absolute atomic E-state index is 4.52. The SMILES string of the molecule is CCn1cc(-c2c[nH]c3c(C)cccc23)c(C)n1. The van der Waals surface area contributed by atoms with E-state index in [1.807, 2.05) is 4.68 Å². The summed E-state index contributed by atoms with van der Waals surface area (Å²) in [6, 6.07) is 6.40. The molecule has 2 aromatic heterocycles. The van der Waals surface area contributed by atoms with E-state index in [0.29, 0.717) is 0 Å². The van der Waals surface area contributed by atoms with Crippen LogP contribution in [0.1, 0.15) is 18.2 Å². The minimum atomic E-state index is 0.905. The average molecular weight is 239 g/mol. The van der Waals surface area contributed by atoms with E-state index in [-0.39, 0.29) is 0 Å². The molecule has 0 bridgehead atoms. The monoisotopic (exact) mass is 239 g/mol. The van der Waals surface area contributed by atoms with Gasteiger partial charge in [0.05, 0.1) is 5.69 Å². The van der Waals surface area contributed by atoms with Crippen molar-refractivity contribution < 1.29 is 0 Å². The maximum atomic E-state index is 4.52. The van der Waals surface area contributed by atoms with Crippen LogP contribution in [0.25, 0.3) is 22.0 Å². The molecule has 0 saturated carbocycles. The van der Waals surface area contributed by atoms with E-state index in [2.05, 4.69) is 61.4 Å². The van der Waals surface area contributed by atoms with Crippen molar-refractivity contribution in [2.45, 2.75) is 27.3 Å². The van der Waals surface area contributed by atoms with Gasteiger partial charge in [-0.15, -0.1) is 0 Å². The third kappa shape index (κ3) is 1.55. The Bertz CT molecular complexity index is 704. The van der Waals surface area contributed by atoms with Crippen LogP contribution >= 0.6 is 0 Å². The number of nitrogens with one attached hydrogen (secondary N) is 1. The molecule has 3 aromatic rings. The molecule has 0 fully saturated rings. The first kappa shape index (κ1) is 11.1. The average Bonchev–Trinajstić information content (AvgIpc) is 2.93. The summed E-state index contributed by atoms with van der Waals surface area (Å²) in [5, 5.41) is 5.79. The molecule has 0 aliphatic rings. The summed E-state index contributed by atoms with van der Waals surface area (Å²) in [6.45, 7) is 7.21. The van der Waals surface area contributed by atoms with E-state index in [1.165, 1.54) is 27.6 Å². The van der Waals surface area contributed by atoms with Gasteiger partial charge in [-0.25, -0.2) is 0 Å². The van der Waals surface area contributed by atoms with Gasteiger partial charge in [0, 0.05) is 41.0 Å². The van der Waals surface area contributed by atoms with E-state index in [0.717, 1.165) is 12.2 Å². The van der Waals surface area contributed by atoms with Gasteiger partial charge in [-0.1, -0.05) is 18.2 Å². The number of aryl methyl sites for hydroxylation is 3. The fraction of sp³-hybridized carbons (Fsp3) is 0.267. The maximum Gasteiger partial charge on any atom is 0.0672 e. The van der Waals surface area contributed by atoms with Gasteiger partial charge >= 0.3 is 0 Å². The molecule has 0 unspecified atom stereocenters. The molecule has 18 heavy (non-hydrogen) atoms.